The minimum Gasteiger partial charge on any atom is -0.486 e. The van der Waals surface area contributed by atoms with Crippen molar-refractivity contribution in [2.45, 2.75) is 38.3 Å². The molecule has 2 amide bonds. The quantitative estimate of drug-likeness (QED) is 0.302. The highest BCUT2D eigenvalue weighted by molar-refractivity contribution is 7.92. The SMILES string of the molecule is CC(C)CNC(=O)[C@@H](C)N(Cc1ccc(Cl)c(Cl)c1)C(=O)CN(c1ccc(F)cc1)S(=O)(=O)c1ccc2c(c1)OCCO2. The molecule has 0 aromatic heterocycles. The van der Waals surface area contributed by atoms with Crippen molar-refractivity contribution in [2.75, 3.05) is 30.6 Å². The second kappa shape index (κ2) is 13.8. The van der Waals surface area contributed by atoms with E-state index >= 15 is 0 Å². The predicted molar refractivity (Wildman–Crippen MR) is 163 cm³/mol. The minimum absolute atomic E-state index is 0.0519. The minimum atomic E-state index is -4.39. The number of anilines is 1. The van der Waals surface area contributed by atoms with Gasteiger partial charge in [-0.25, -0.2) is 12.8 Å². The van der Waals surface area contributed by atoms with E-state index in [1.165, 1.54) is 35.2 Å². The van der Waals surface area contributed by atoms with Crippen molar-refractivity contribution in [3.8, 4) is 11.5 Å². The van der Waals surface area contributed by atoms with Crippen LogP contribution in [0.25, 0.3) is 0 Å². The van der Waals surface area contributed by atoms with Gasteiger partial charge in [-0.05, 0) is 66.9 Å². The fraction of sp³-hybridized carbons (Fsp3) is 0.333. The fourth-order valence-electron chi connectivity index (χ4n) is 4.32. The van der Waals surface area contributed by atoms with Crippen molar-refractivity contribution in [2.24, 2.45) is 5.92 Å². The van der Waals surface area contributed by atoms with Crippen LogP contribution in [0, 0.1) is 11.7 Å². The summed E-state index contributed by atoms with van der Waals surface area (Å²) in [5.74, 6) is -0.865. The number of sulfonamides is 1. The van der Waals surface area contributed by atoms with Crippen molar-refractivity contribution in [1.29, 1.82) is 0 Å². The van der Waals surface area contributed by atoms with Gasteiger partial charge in [-0.15, -0.1) is 0 Å². The number of carbonyl (C=O) groups excluding carboxylic acids is 2. The van der Waals surface area contributed by atoms with Crippen LogP contribution in [-0.4, -0.2) is 57.5 Å². The summed E-state index contributed by atoms with van der Waals surface area (Å²) in [7, 11) is -4.39. The molecular formula is C30H32Cl2FN3O6S. The second-order valence-electron chi connectivity index (χ2n) is 10.4. The highest BCUT2D eigenvalue weighted by atomic mass is 35.5. The molecule has 230 valence electrons. The molecule has 0 fully saturated rings. The molecule has 1 aliphatic rings. The van der Waals surface area contributed by atoms with Crippen LogP contribution in [0.1, 0.15) is 26.3 Å². The first-order valence-corrected chi connectivity index (χ1v) is 15.8. The second-order valence-corrected chi connectivity index (χ2v) is 13.1. The first-order valence-electron chi connectivity index (χ1n) is 13.6. The van der Waals surface area contributed by atoms with Gasteiger partial charge in [0.25, 0.3) is 10.0 Å². The Morgan fingerprint density at radius 1 is 0.930 bits per heavy atom. The zero-order chi connectivity index (χ0) is 31.3. The first kappa shape index (κ1) is 32.4. The van der Waals surface area contributed by atoms with Crippen LogP contribution < -0.4 is 19.1 Å². The van der Waals surface area contributed by atoms with E-state index < -0.39 is 40.2 Å². The molecule has 13 heteroatoms. The number of nitrogens with one attached hydrogen (secondary N) is 1. The van der Waals surface area contributed by atoms with E-state index in [2.05, 4.69) is 5.32 Å². The normalized spacial score (nSPS) is 13.4. The molecule has 1 aliphatic heterocycles. The molecule has 1 heterocycles. The number of fused-ring (bicyclic) bond motifs is 1. The summed E-state index contributed by atoms with van der Waals surface area (Å²) in [6, 6.07) is 12.7. The fourth-order valence-corrected chi connectivity index (χ4v) is 6.07. The molecule has 3 aromatic carbocycles. The van der Waals surface area contributed by atoms with E-state index in [1.807, 2.05) is 13.8 Å². The number of hydrogen-bond donors (Lipinski definition) is 1. The Morgan fingerprint density at radius 3 is 2.26 bits per heavy atom. The maximum Gasteiger partial charge on any atom is 0.264 e. The average Bonchev–Trinajstić information content (AvgIpc) is 2.98. The molecule has 1 N–H and O–H groups in total. The molecular weight excluding hydrogens is 620 g/mol. The van der Waals surface area contributed by atoms with Crippen molar-refractivity contribution in [1.82, 2.24) is 10.2 Å². The Hall–Kier alpha value is -3.54. The third-order valence-corrected chi connectivity index (χ3v) is 9.19. The number of halogens is 3. The van der Waals surface area contributed by atoms with Gasteiger partial charge in [-0.2, -0.15) is 0 Å². The van der Waals surface area contributed by atoms with Crippen LogP contribution >= 0.6 is 23.2 Å². The Morgan fingerprint density at radius 2 is 1.60 bits per heavy atom. The van der Waals surface area contributed by atoms with E-state index in [-0.39, 0.29) is 40.4 Å². The summed E-state index contributed by atoms with van der Waals surface area (Å²) < 4.78 is 53.9. The molecule has 0 saturated carbocycles. The summed E-state index contributed by atoms with van der Waals surface area (Å²) >= 11 is 12.3. The number of ether oxygens (including phenoxy) is 2. The van der Waals surface area contributed by atoms with E-state index in [1.54, 1.807) is 25.1 Å². The van der Waals surface area contributed by atoms with Gasteiger partial charge in [0.1, 0.15) is 31.6 Å². The number of carbonyl (C=O) groups is 2. The first-order chi connectivity index (χ1) is 20.4. The Bertz CT molecular complexity index is 1590. The number of rotatable bonds is 11. The maximum absolute atomic E-state index is 14.0. The predicted octanol–water partition coefficient (Wildman–Crippen LogP) is 5.29. The van der Waals surface area contributed by atoms with Crippen LogP contribution in [0.5, 0.6) is 11.5 Å². The zero-order valence-electron chi connectivity index (χ0n) is 23.8. The molecule has 0 saturated heterocycles. The molecule has 1 atom stereocenters. The summed E-state index contributed by atoms with van der Waals surface area (Å²) in [5.41, 5.74) is 0.630. The topological polar surface area (TPSA) is 105 Å². The monoisotopic (exact) mass is 651 g/mol. The van der Waals surface area contributed by atoms with Gasteiger partial charge in [-0.3, -0.25) is 13.9 Å². The number of amides is 2. The summed E-state index contributed by atoms with van der Waals surface area (Å²) in [6.45, 7) is 5.64. The maximum atomic E-state index is 14.0. The summed E-state index contributed by atoms with van der Waals surface area (Å²) in [4.78, 5) is 28.2. The molecule has 9 nitrogen and oxygen atoms in total. The van der Waals surface area contributed by atoms with Crippen LogP contribution in [0.4, 0.5) is 10.1 Å². The lowest BCUT2D eigenvalue weighted by Gasteiger charge is -2.32. The lowest BCUT2D eigenvalue weighted by atomic mass is 10.1. The zero-order valence-corrected chi connectivity index (χ0v) is 26.2. The summed E-state index contributed by atoms with van der Waals surface area (Å²) in [6.07, 6.45) is 0. The van der Waals surface area contributed by atoms with Gasteiger partial charge in [0.15, 0.2) is 11.5 Å². The molecule has 0 aliphatic carbocycles. The van der Waals surface area contributed by atoms with E-state index in [0.29, 0.717) is 29.5 Å². The Labute approximate surface area is 260 Å². The molecule has 43 heavy (non-hydrogen) atoms. The van der Waals surface area contributed by atoms with Crippen LogP contribution in [-0.2, 0) is 26.2 Å². The third kappa shape index (κ3) is 7.90. The smallest absolute Gasteiger partial charge is 0.264 e. The van der Waals surface area contributed by atoms with Gasteiger partial charge in [-0.1, -0.05) is 43.1 Å². The largest absolute Gasteiger partial charge is 0.486 e. The van der Waals surface area contributed by atoms with Gasteiger partial charge < -0.3 is 19.7 Å². The highest BCUT2D eigenvalue weighted by Gasteiger charge is 2.33. The lowest BCUT2D eigenvalue weighted by Crippen LogP contribution is -2.51. The lowest BCUT2D eigenvalue weighted by molar-refractivity contribution is -0.139. The Balaban J connectivity index is 1.71. The highest BCUT2D eigenvalue weighted by Crippen LogP contribution is 2.34. The van der Waals surface area contributed by atoms with Crippen molar-refractivity contribution in [3.63, 3.8) is 0 Å². The van der Waals surface area contributed by atoms with Crippen LogP contribution in [0.15, 0.2) is 65.6 Å². The van der Waals surface area contributed by atoms with E-state index in [0.717, 1.165) is 16.4 Å². The van der Waals surface area contributed by atoms with Gasteiger partial charge >= 0.3 is 0 Å². The number of hydrogen-bond acceptors (Lipinski definition) is 6. The molecule has 0 unspecified atom stereocenters. The number of benzene rings is 3. The van der Waals surface area contributed by atoms with Gasteiger partial charge in [0, 0.05) is 19.2 Å². The third-order valence-electron chi connectivity index (χ3n) is 6.68. The molecule has 0 bridgehead atoms. The standard InChI is InChI=1S/C30H32Cl2FN3O6S/c1-19(2)16-34-30(38)20(3)35(17-21-4-10-25(31)26(32)14-21)29(37)18-36(23-7-5-22(33)6-8-23)43(39,40)24-9-11-27-28(15-24)42-13-12-41-27/h4-11,14-15,19-20H,12-13,16-18H2,1-3H3,(H,34,38)/t20-/m1/s1. The number of nitrogens with zero attached hydrogens (tertiary/aromatic N) is 2. The van der Waals surface area contributed by atoms with E-state index in [9.17, 15) is 22.4 Å². The molecule has 3 aromatic rings. The van der Waals surface area contributed by atoms with Gasteiger partial charge in [0.05, 0.1) is 20.6 Å². The van der Waals surface area contributed by atoms with Crippen molar-refractivity contribution in [3.05, 3.63) is 82.1 Å². The summed E-state index contributed by atoms with van der Waals surface area (Å²) in [5, 5.41) is 3.40. The van der Waals surface area contributed by atoms with Crippen molar-refractivity contribution < 1.29 is 31.9 Å². The van der Waals surface area contributed by atoms with Crippen molar-refractivity contribution >= 4 is 50.7 Å². The average molecular weight is 653 g/mol. The molecule has 0 radical (unpaired) electrons. The molecule has 4 rings (SSSR count). The van der Waals surface area contributed by atoms with Crippen LogP contribution in [0.3, 0.4) is 0 Å². The Kier molecular flexibility index (Phi) is 10.4. The van der Waals surface area contributed by atoms with E-state index in [4.69, 9.17) is 32.7 Å². The van der Waals surface area contributed by atoms with Crippen LogP contribution in [0.2, 0.25) is 10.0 Å². The molecule has 0 spiro atoms. The van der Waals surface area contributed by atoms with Gasteiger partial charge in [0.2, 0.25) is 11.8 Å².